The molecule has 0 aromatic rings. The molecule has 126 valence electrons. The van der Waals surface area contributed by atoms with E-state index in [1.165, 1.54) is 27.0 Å². The highest BCUT2D eigenvalue weighted by Crippen LogP contribution is 2.28. The minimum atomic E-state index is -1.04. The second kappa shape index (κ2) is 9.17. The van der Waals surface area contributed by atoms with Gasteiger partial charge in [0.1, 0.15) is 12.7 Å². The quantitative estimate of drug-likeness (QED) is 0.226. The lowest BCUT2D eigenvalue weighted by Gasteiger charge is -2.36. The van der Waals surface area contributed by atoms with Crippen molar-refractivity contribution in [2.45, 2.75) is 45.7 Å². The molecule has 0 bridgehead atoms. The average molecular weight is 344 g/mol. The smallest absolute Gasteiger partial charge is 0.392 e. The largest absolute Gasteiger partial charge is 0.463 e. The number of hydrogen-bond acceptors (Lipinski definition) is 8. The van der Waals surface area contributed by atoms with Crippen LogP contribution < -0.4 is 4.67 Å². The topological polar surface area (TPSA) is 102 Å². The first-order valence-corrected chi connectivity index (χ1v) is 7.28. The van der Waals surface area contributed by atoms with Gasteiger partial charge in [0.2, 0.25) is 6.29 Å². The minimum Gasteiger partial charge on any atom is -0.463 e. The summed E-state index contributed by atoms with van der Waals surface area (Å²) in [6, 6.07) is 0. The predicted molar refractivity (Wildman–Crippen MR) is 81.5 cm³/mol. The number of rotatable bonds is 5. The Morgan fingerprint density at radius 3 is 2.39 bits per heavy atom. The fourth-order valence-electron chi connectivity index (χ4n) is 2.14. The molecule has 23 heavy (non-hydrogen) atoms. The Kier molecular flexibility index (Phi) is 7.57. The highest BCUT2D eigenvalue weighted by Gasteiger charge is 2.45. The lowest BCUT2D eigenvalue weighted by atomic mass is 9.94. The number of esters is 3. The van der Waals surface area contributed by atoms with Crippen molar-refractivity contribution < 1.29 is 33.3 Å². The van der Waals surface area contributed by atoms with Crippen molar-refractivity contribution in [2.24, 2.45) is 5.92 Å². The molecular weight excluding hydrogens is 326 g/mol. The Morgan fingerprint density at radius 2 is 1.87 bits per heavy atom. The van der Waals surface area contributed by atoms with Crippen LogP contribution in [-0.4, -0.2) is 54.4 Å². The Labute approximate surface area is 138 Å². The van der Waals surface area contributed by atoms with E-state index in [4.69, 9.17) is 18.9 Å². The van der Waals surface area contributed by atoms with Gasteiger partial charge in [0.15, 0.2) is 5.92 Å². The van der Waals surface area contributed by atoms with E-state index in [0.29, 0.717) is 0 Å². The van der Waals surface area contributed by atoms with Crippen molar-refractivity contribution in [2.75, 3.05) is 6.61 Å². The van der Waals surface area contributed by atoms with Crippen LogP contribution in [0.5, 0.6) is 0 Å². The summed E-state index contributed by atoms with van der Waals surface area (Å²) >= 11 is 4.51. The monoisotopic (exact) mass is 344 g/mol. The number of thiocarbonyl (C=S) groups is 1. The van der Waals surface area contributed by atoms with Crippen molar-refractivity contribution in [1.82, 2.24) is 4.67 Å². The van der Waals surface area contributed by atoms with E-state index in [1.54, 1.807) is 0 Å². The first kappa shape index (κ1) is 19.0. The molecule has 9 heteroatoms. The van der Waals surface area contributed by atoms with Crippen LogP contribution in [0.15, 0.2) is 0 Å². The van der Waals surface area contributed by atoms with E-state index in [0.717, 1.165) is 0 Å². The minimum absolute atomic E-state index is 0.0476. The van der Waals surface area contributed by atoms with Crippen LogP contribution in [0.4, 0.5) is 0 Å². The van der Waals surface area contributed by atoms with Gasteiger partial charge in [0.25, 0.3) is 6.21 Å². The normalized spacial score (nSPS) is 26.2. The molecular formula is C14H18NO7S+. The third kappa shape index (κ3) is 6.71. The second-order valence-electron chi connectivity index (χ2n) is 4.87. The zero-order valence-electron chi connectivity index (χ0n) is 13.0. The SMILES string of the molecule is CC(=O)OCC1CC(OC(C)=O)C(C=[N+]=C=S)C(OC(C)=O)O1. The van der Waals surface area contributed by atoms with Gasteiger partial charge < -0.3 is 18.9 Å². The zero-order chi connectivity index (χ0) is 17.4. The lowest BCUT2D eigenvalue weighted by molar-refractivity contribution is -0.237. The number of nitrogens with zero attached hydrogens (tertiary/aromatic N) is 1. The summed E-state index contributed by atoms with van der Waals surface area (Å²) in [5.74, 6) is -2.20. The summed E-state index contributed by atoms with van der Waals surface area (Å²) in [6.07, 6.45) is -0.695. The number of ether oxygens (including phenoxy) is 4. The molecule has 4 atom stereocenters. The molecule has 0 N–H and O–H groups in total. The van der Waals surface area contributed by atoms with Gasteiger partial charge in [0.05, 0.1) is 18.3 Å². The van der Waals surface area contributed by atoms with Crippen LogP contribution >= 0.6 is 12.2 Å². The van der Waals surface area contributed by atoms with E-state index in [1.807, 2.05) is 0 Å². The summed E-state index contributed by atoms with van der Waals surface area (Å²) in [7, 11) is 0. The Hall–Kier alpha value is -2.05. The lowest BCUT2D eigenvalue weighted by Crippen LogP contribution is -2.50. The molecule has 4 unspecified atom stereocenters. The van der Waals surface area contributed by atoms with Crippen LogP contribution in [-0.2, 0) is 33.3 Å². The first-order chi connectivity index (χ1) is 10.8. The molecule has 8 nitrogen and oxygen atoms in total. The van der Waals surface area contributed by atoms with Crippen LogP contribution in [0.25, 0.3) is 0 Å². The van der Waals surface area contributed by atoms with Crippen LogP contribution in [0.2, 0.25) is 0 Å². The summed E-state index contributed by atoms with van der Waals surface area (Å²) < 4.78 is 24.6. The maximum absolute atomic E-state index is 11.3. The Balaban J connectivity index is 2.99. The van der Waals surface area contributed by atoms with E-state index in [9.17, 15) is 14.4 Å². The molecule has 1 aliphatic rings. The molecule has 0 aromatic carbocycles. The van der Waals surface area contributed by atoms with E-state index in [2.05, 4.69) is 22.0 Å². The van der Waals surface area contributed by atoms with Gasteiger partial charge in [0, 0.05) is 27.2 Å². The maximum atomic E-state index is 11.3. The fourth-order valence-corrected chi connectivity index (χ4v) is 2.20. The van der Waals surface area contributed by atoms with Crippen LogP contribution in [0.3, 0.4) is 0 Å². The summed E-state index contributed by atoms with van der Waals surface area (Å²) in [6.45, 7) is 3.70. The molecule has 0 aromatic heterocycles. The maximum Gasteiger partial charge on any atom is 0.392 e. The number of carbonyl (C=O) groups excluding carboxylic acids is 3. The molecule has 0 spiro atoms. The van der Waals surface area contributed by atoms with Gasteiger partial charge in [-0.05, 0) is 4.67 Å². The van der Waals surface area contributed by atoms with Crippen molar-refractivity contribution in [3.63, 3.8) is 0 Å². The molecule has 0 saturated carbocycles. The number of isothiocyanates is 1. The Morgan fingerprint density at radius 1 is 1.22 bits per heavy atom. The second-order valence-corrected chi connectivity index (χ2v) is 5.05. The van der Waals surface area contributed by atoms with Gasteiger partial charge in [-0.2, -0.15) is 0 Å². The van der Waals surface area contributed by atoms with Gasteiger partial charge in [-0.1, -0.05) is 0 Å². The van der Waals surface area contributed by atoms with Crippen LogP contribution in [0.1, 0.15) is 27.2 Å². The molecule has 0 aliphatic carbocycles. The number of carbonyl (C=O) groups is 3. The molecule has 1 aliphatic heterocycles. The molecule has 1 heterocycles. The van der Waals surface area contributed by atoms with Crippen molar-refractivity contribution in [1.29, 1.82) is 0 Å². The van der Waals surface area contributed by atoms with Crippen molar-refractivity contribution in [3.8, 4) is 0 Å². The van der Waals surface area contributed by atoms with Gasteiger partial charge in [-0.25, -0.2) is 0 Å². The van der Waals surface area contributed by atoms with Crippen LogP contribution in [0, 0.1) is 5.92 Å². The third-order valence-electron chi connectivity index (χ3n) is 2.94. The highest BCUT2D eigenvalue weighted by atomic mass is 32.1. The summed E-state index contributed by atoms with van der Waals surface area (Å²) in [5, 5.41) is 2.16. The average Bonchev–Trinajstić information content (AvgIpc) is 2.43. The van der Waals surface area contributed by atoms with E-state index >= 15 is 0 Å². The van der Waals surface area contributed by atoms with Gasteiger partial charge in [-0.3, -0.25) is 14.4 Å². The van der Waals surface area contributed by atoms with Gasteiger partial charge in [-0.15, -0.1) is 0 Å². The molecule has 0 amide bonds. The van der Waals surface area contributed by atoms with Crippen molar-refractivity contribution in [3.05, 3.63) is 0 Å². The van der Waals surface area contributed by atoms with E-state index in [-0.39, 0.29) is 13.0 Å². The third-order valence-corrected chi connectivity index (χ3v) is 3.04. The van der Waals surface area contributed by atoms with Gasteiger partial charge >= 0.3 is 23.1 Å². The highest BCUT2D eigenvalue weighted by molar-refractivity contribution is 7.78. The molecule has 1 fully saturated rings. The number of hydrogen-bond donors (Lipinski definition) is 0. The van der Waals surface area contributed by atoms with E-state index < -0.39 is 42.3 Å². The first-order valence-electron chi connectivity index (χ1n) is 6.87. The summed E-state index contributed by atoms with van der Waals surface area (Å²) in [5.41, 5.74) is 0. The standard InChI is InChI=1S/C14H18NO7S/c1-8(16)19-6-11-4-13(20-9(2)17)12(5-15-7-23)14(22-11)21-10(3)18/h5,11-14H,4,6H2,1-3H3/q+1. The van der Waals surface area contributed by atoms with Crippen molar-refractivity contribution >= 4 is 41.5 Å². The summed E-state index contributed by atoms with van der Waals surface area (Å²) in [4.78, 5) is 33.5. The fraction of sp³-hybridized carbons (Fsp3) is 0.643. The Bertz CT molecular complexity index is 525. The molecule has 1 rings (SSSR count). The molecule has 0 radical (unpaired) electrons. The zero-order valence-corrected chi connectivity index (χ0v) is 13.8. The molecule has 1 saturated heterocycles. The predicted octanol–water partition coefficient (Wildman–Crippen LogP) is 0.0163.